The largest absolute Gasteiger partial charge is 0.503 e. The van der Waals surface area contributed by atoms with Gasteiger partial charge < -0.3 is 10.2 Å². The molecule has 2 aromatic heterocycles. The van der Waals surface area contributed by atoms with Gasteiger partial charge in [0.2, 0.25) is 11.8 Å². The van der Waals surface area contributed by atoms with Crippen molar-refractivity contribution in [1.29, 1.82) is 0 Å². The fraction of sp³-hybridized carbons (Fsp3) is 0.455. The van der Waals surface area contributed by atoms with Crippen LogP contribution in [-0.2, 0) is 9.59 Å². The van der Waals surface area contributed by atoms with Gasteiger partial charge in [-0.25, -0.2) is 19.4 Å². The topological polar surface area (TPSA) is 125 Å². The molecule has 2 aromatic rings. The third-order valence-electron chi connectivity index (χ3n) is 5.05. The van der Waals surface area contributed by atoms with Gasteiger partial charge in [0.05, 0.1) is 0 Å². The van der Waals surface area contributed by atoms with Crippen molar-refractivity contribution >= 4 is 11.8 Å². The molecule has 0 spiro atoms. The average molecular weight is 447 g/mol. The lowest BCUT2D eigenvalue weighted by molar-refractivity contribution is -0.119. The smallest absolute Gasteiger partial charge is 0.311 e. The molecule has 174 valence electrons. The number of hydrogen-bond donors (Lipinski definition) is 2. The molecule has 32 heavy (non-hydrogen) atoms. The van der Waals surface area contributed by atoms with E-state index < -0.39 is 22.6 Å². The lowest BCUT2D eigenvalue weighted by Crippen LogP contribution is -2.45. The summed E-state index contributed by atoms with van der Waals surface area (Å²) in [7, 11) is 0. The second-order valence-corrected chi connectivity index (χ2v) is 7.49. The van der Waals surface area contributed by atoms with Crippen LogP contribution in [0.4, 0.5) is 0 Å². The summed E-state index contributed by atoms with van der Waals surface area (Å²) in [5, 5.41) is 21.8. The Morgan fingerprint density at radius 3 is 1.41 bits per heavy atom. The average Bonchev–Trinajstić information content (AvgIpc) is 2.74. The summed E-state index contributed by atoms with van der Waals surface area (Å²) in [4.78, 5) is 47.9. The molecule has 10 heteroatoms. The van der Waals surface area contributed by atoms with E-state index in [1.54, 1.807) is 0 Å². The predicted octanol–water partition coefficient (Wildman–Crippen LogP) is 1.43. The first-order chi connectivity index (χ1) is 15.2. The molecule has 0 aliphatic heterocycles. The van der Waals surface area contributed by atoms with E-state index in [9.17, 15) is 29.4 Å². The van der Waals surface area contributed by atoms with E-state index >= 15 is 0 Å². The van der Waals surface area contributed by atoms with Gasteiger partial charge in [-0.3, -0.25) is 19.2 Å². The van der Waals surface area contributed by atoms with Gasteiger partial charge in [-0.2, -0.15) is 0 Å². The van der Waals surface area contributed by atoms with Gasteiger partial charge in [0.15, 0.2) is 11.5 Å². The van der Waals surface area contributed by atoms with Crippen molar-refractivity contribution in [2.45, 2.75) is 52.4 Å². The van der Waals surface area contributed by atoms with Crippen LogP contribution in [0.25, 0.3) is 0 Å². The molecule has 0 aliphatic carbocycles. The number of unbranched alkanes of at least 4 members (excludes halogenated alkanes) is 5. The third-order valence-corrected chi connectivity index (χ3v) is 5.05. The molecule has 0 saturated carbocycles. The highest BCUT2D eigenvalue weighted by Crippen LogP contribution is 2.08. The van der Waals surface area contributed by atoms with Crippen LogP contribution in [0.15, 0.2) is 46.2 Å². The zero-order valence-corrected chi connectivity index (χ0v) is 18.4. The second kappa shape index (κ2) is 11.7. The highest BCUT2D eigenvalue weighted by Gasteiger charge is 2.15. The minimum atomic E-state index is -0.636. The van der Waals surface area contributed by atoms with Gasteiger partial charge in [-0.05, 0) is 37.1 Å². The summed E-state index contributed by atoms with van der Waals surface area (Å²) in [6.45, 7) is 3.46. The van der Waals surface area contributed by atoms with Gasteiger partial charge in [0.25, 0.3) is 0 Å². The first-order valence-corrected chi connectivity index (χ1v) is 10.6. The highest BCUT2D eigenvalue weighted by molar-refractivity contribution is 5.83. The van der Waals surface area contributed by atoms with E-state index in [4.69, 9.17) is 0 Å². The Labute approximate surface area is 185 Å². The molecule has 2 rings (SSSR count). The molecule has 0 saturated heterocycles. The predicted molar refractivity (Wildman–Crippen MR) is 120 cm³/mol. The summed E-state index contributed by atoms with van der Waals surface area (Å²) in [6, 6.07) is 5.56. The molecule has 10 nitrogen and oxygen atoms in total. The summed E-state index contributed by atoms with van der Waals surface area (Å²) in [5.74, 6) is -1.40. The number of carbonyl (C=O) groups is 2. The van der Waals surface area contributed by atoms with Crippen LogP contribution in [0, 0.1) is 0 Å². The summed E-state index contributed by atoms with van der Waals surface area (Å²) >= 11 is 0. The molecule has 0 bridgehead atoms. The van der Waals surface area contributed by atoms with E-state index in [0.29, 0.717) is 25.9 Å². The molecule has 2 N–H and O–H groups in total. The Morgan fingerprint density at radius 1 is 0.719 bits per heavy atom. The molecular formula is C22H30N4O6. The van der Waals surface area contributed by atoms with Gasteiger partial charge in [0, 0.05) is 39.3 Å². The standard InChI is InChI=1S/C22H30N4O6/c1-17(27)23(25-15-9-11-19(29)21(25)31)13-7-5-3-4-6-8-14-24(18(2)28)26-16-10-12-20(30)22(26)32/h9-12,15-16,29-30H,3-8,13-14H2,1-2H3. The van der Waals surface area contributed by atoms with Crippen LogP contribution < -0.4 is 21.1 Å². The maximum atomic E-state index is 12.0. The monoisotopic (exact) mass is 446 g/mol. The Bertz CT molecular complexity index is 962. The van der Waals surface area contributed by atoms with Gasteiger partial charge in [0.1, 0.15) is 0 Å². The number of hydrogen-bond acceptors (Lipinski definition) is 6. The molecule has 0 atom stereocenters. The van der Waals surface area contributed by atoms with Crippen molar-refractivity contribution in [2.75, 3.05) is 23.1 Å². The first-order valence-electron chi connectivity index (χ1n) is 10.6. The van der Waals surface area contributed by atoms with Crippen molar-refractivity contribution in [3.8, 4) is 11.5 Å². The lowest BCUT2D eigenvalue weighted by atomic mass is 10.1. The van der Waals surface area contributed by atoms with E-state index in [1.165, 1.54) is 60.5 Å². The first kappa shape index (κ1) is 24.7. The molecule has 0 radical (unpaired) electrons. The maximum absolute atomic E-state index is 12.0. The number of pyridine rings is 2. The third kappa shape index (κ3) is 6.47. The minimum absolute atomic E-state index is 0.288. The van der Waals surface area contributed by atoms with Crippen LogP contribution in [-0.4, -0.2) is 44.5 Å². The molecule has 0 aromatic carbocycles. The van der Waals surface area contributed by atoms with E-state index in [2.05, 4.69) is 0 Å². The zero-order valence-electron chi connectivity index (χ0n) is 18.4. The molecule has 0 unspecified atom stereocenters. The minimum Gasteiger partial charge on any atom is -0.503 e. The summed E-state index contributed by atoms with van der Waals surface area (Å²) in [6.07, 6.45) is 7.79. The van der Waals surface area contributed by atoms with Crippen LogP contribution >= 0.6 is 0 Å². The fourth-order valence-electron chi connectivity index (χ4n) is 3.39. The van der Waals surface area contributed by atoms with Crippen molar-refractivity contribution in [2.24, 2.45) is 0 Å². The Kier molecular flexibility index (Phi) is 9.06. The quantitative estimate of drug-likeness (QED) is 0.503. The van der Waals surface area contributed by atoms with Crippen molar-refractivity contribution in [3.05, 3.63) is 57.4 Å². The molecule has 0 fully saturated rings. The molecule has 2 heterocycles. The number of nitrogens with zero attached hydrogens (tertiary/aromatic N) is 4. The highest BCUT2D eigenvalue weighted by atomic mass is 16.3. The number of carbonyl (C=O) groups excluding carboxylic acids is 2. The Hall–Kier alpha value is -3.56. The Balaban J connectivity index is 1.75. The number of aromatic hydroxyl groups is 2. The van der Waals surface area contributed by atoms with E-state index in [1.807, 2.05) is 0 Å². The van der Waals surface area contributed by atoms with Crippen LogP contribution in [0.5, 0.6) is 11.5 Å². The van der Waals surface area contributed by atoms with Crippen LogP contribution in [0.2, 0.25) is 0 Å². The molecule has 0 aliphatic rings. The van der Waals surface area contributed by atoms with E-state index in [-0.39, 0.29) is 11.8 Å². The number of rotatable bonds is 11. The normalized spacial score (nSPS) is 10.7. The summed E-state index contributed by atoms with van der Waals surface area (Å²) < 4.78 is 2.24. The number of amides is 2. The Morgan fingerprint density at radius 2 is 1.06 bits per heavy atom. The van der Waals surface area contributed by atoms with Crippen molar-refractivity contribution in [3.63, 3.8) is 0 Å². The van der Waals surface area contributed by atoms with E-state index in [0.717, 1.165) is 35.0 Å². The zero-order chi connectivity index (χ0) is 23.7. The number of aromatic nitrogens is 2. The summed E-state index contributed by atoms with van der Waals surface area (Å²) in [5.41, 5.74) is -1.27. The van der Waals surface area contributed by atoms with Gasteiger partial charge >= 0.3 is 11.1 Å². The molecule has 2 amide bonds. The fourth-order valence-corrected chi connectivity index (χ4v) is 3.39. The van der Waals surface area contributed by atoms with Gasteiger partial charge in [-0.1, -0.05) is 25.7 Å². The SMILES string of the molecule is CC(=O)N(CCCCCCCCN(C(C)=O)n1cccc(O)c1=O)n1cccc(O)c1=O. The maximum Gasteiger partial charge on any atom is 0.311 e. The van der Waals surface area contributed by atoms with Crippen LogP contribution in [0.1, 0.15) is 52.4 Å². The lowest BCUT2D eigenvalue weighted by Gasteiger charge is -2.23. The van der Waals surface area contributed by atoms with Crippen molar-refractivity contribution < 1.29 is 19.8 Å². The van der Waals surface area contributed by atoms with Crippen molar-refractivity contribution in [1.82, 2.24) is 9.35 Å². The molecular weight excluding hydrogens is 416 g/mol. The second-order valence-electron chi connectivity index (χ2n) is 7.49. The van der Waals surface area contributed by atoms with Gasteiger partial charge in [-0.15, -0.1) is 0 Å². The van der Waals surface area contributed by atoms with Crippen LogP contribution in [0.3, 0.4) is 0 Å².